The summed E-state index contributed by atoms with van der Waals surface area (Å²) >= 11 is 0. The van der Waals surface area contributed by atoms with Gasteiger partial charge < -0.3 is 0 Å². The van der Waals surface area contributed by atoms with E-state index in [4.69, 9.17) is 9.97 Å². The Morgan fingerprint density at radius 2 is 0.764 bits per heavy atom. The number of fused-ring (bicyclic) bond motifs is 5. The lowest BCUT2D eigenvalue weighted by Crippen LogP contribution is -2.50. The van der Waals surface area contributed by atoms with Crippen molar-refractivity contribution in [3.05, 3.63) is 194 Å². The highest BCUT2D eigenvalue weighted by atomic mass is 28.3. The molecule has 55 heavy (non-hydrogen) atoms. The summed E-state index contributed by atoms with van der Waals surface area (Å²) < 4.78 is 0. The van der Waals surface area contributed by atoms with Gasteiger partial charge in [0.1, 0.15) is 8.07 Å². The molecule has 1 aliphatic rings. The summed E-state index contributed by atoms with van der Waals surface area (Å²) in [4.78, 5) is 10.8. The minimum absolute atomic E-state index is 0.764. The fourth-order valence-corrected chi connectivity index (χ4v) is 12.2. The molecule has 0 fully saturated rings. The van der Waals surface area contributed by atoms with Crippen molar-refractivity contribution in [1.29, 1.82) is 0 Å². The van der Waals surface area contributed by atoms with Gasteiger partial charge in [-0.2, -0.15) is 0 Å². The highest BCUT2D eigenvalue weighted by Gasteiger charge is 2.43. The van der Waals surface area contributed by atoms with E-state index in [2.05, 4.69) is 201 Å². The van der Waals surface area contributed by atoms with E-state index in [1.54, 1.807) is 0 Å². The molecular formula is C52H38N2Si. The van der Waals surface area contributed by atoms with Crippen LogP contribution in [-0.4, -0.2) is 18.0 Å². The smallest absolute Gasteiger partial charge is 0.160 e. The first-order valence-corrected chi connectivity index (χ1v) is 22.0. The maximum absolute atomic E-state index is 5.44. The van der Waals surface area contributed by atoms with Crippen LogP contribution >= 0.6 is 0 Å². The monoisotopic (exact) mass is 718 g/mol. The Kier molecular flexibility index (Phi) is 7.97. The fourth-order valence-electron chi connectivity index (χ4n) is 8.55. The molecule has 0 unspecified atom stereocenters. The second kappa shape index (κ2) is 13.3. The standard InChI is InChI=1S/C52H38N2Si/c1-55(2)50-46-27-13-12-20-37(46)28-29-47(50)49-51(55)48(53-52(54-49)38-21-10-5-11-22-38)42-26-15-24-40(31-42)39-23-14-25-41(30-39)45-33-43(35-16-6-3-7-17-35)32-44(34-45)36-18-8-4-9-19-36/h3-34H,1-2H3. The maximum atomic E-state index is 5.44. The second-order valence-electron chi connectivity index (χ2n) is 15.0. The van der Waals surface area contributed by atoms with Crippen molar-refractivity contribution in [3.8, 4) is 78.4 Å². The van der Waals surface area contributed by atoms with Crippen LogP contribution in [0, 0.1) is 0 Å². The molecule has 2 nitrogen and oxygen atoms in total. The van der Waals surface area contributed by atoms with Gasteiger partial charge in [0.05, 0.1) is 11.4 Å². The van der Waals surface area contributed by atoms with Gasteiger partial charge in [0, 0.05) is 16.7 Å². The molecule has 260 valence electrons. The molecular weight excluding hydrogens is 681 g/mol. The minimum atomic E-state index is -2.24. The van der Waals surface area contributed by atoms with Gasteiger partial charge in [-0.05, 0) is 96.0 Å². The van der Waals surface area contributed by atoms with Crippen LogP contribution in [0.1, 0.15) is 0 Å². The van der Waals surface area contributed by atoms with Gasteiger partial charge in [-0.3, -0.25) is 0 Å². The molecule has 0 radical (unpaired) electrons. The SMILES string of the molecule is C[Si]1(C)c2c(-c3cccc(-c4cccc(-c5cc(-c6ccccc6)cc(-c6ccccc6)c5)c4)c3)nc(-c3ccccc3)nc2-c2ccc3ccccc3c21. The first-order chi connectivity index (χ1) is 27.0. The van der Waals surface area contributed by atoms with Crippen LogP contribution in [0.4, 0.5) is 0 Å². The number of hydrogen-bond acceptors (Lipinski definition) is 2. The average Bonchev–Trinajstić information content (AvgIpc) is 3.50. The Morgan fingerprint density at radius 1 is 0.327 bits per heavy atom. The van der Waals surface area contributed by atoms with Gasteiger partial charge in [0.15, 0.2) is 5.82 Å². The van der Waals surface area contributed by atoms with E-state index < -0.39 is 8.07 Å². The largest absolute Gasteiger partial charge is 0.228 e. The second-order valence-corrected chi connectivity index (χ2v) is 19.3. The van der Waals surface area contributed by atoms with Gasteiger partial charge in [-0.15, -0.1) is 0 Å². The lowest BCUT2D eigenvalue weighted by atomic mass is 9.92. The van der Waals surface area contributed by atoms with E-state index in [0.717, 1.165) is 33.9 Å². The highest BCUT2D eigenvalue weighted by molar-refractivity contribution is 7.05. The molecule has 8 aromatic carbocycles. The summed E-state index contributed by atoms with van der Waals surface area (Å²) in [6.07, 6.45) is 0. The summed E-state index contributed by atoms with van der Waals surface area (Å²) in [6.45, 7) is 4.94. The summed E-state index contributed by atoms with van der Waals surface area (Å²) in [5, 5.41) is 5.38. The van der Waals surface area contributed by atoms with Crippen molar-refractivity contribution in [2.75, 3.05) is 0 Å². The third-order valence-corrected chi connectivity index (χ3v) is 14.7. The van der Waals surface area contributed by atoms with Crippen molar-refractivity contribution in [3.63, 3.8) is 0 Å². The molecule has 0 N–H and O–H groups in total. The van der Waals surface area contributed by atoms with E-state index in [1.807, 2.05) is 6.07 Å². The van der Waals surface area contributed by atoms with Crippen molar-refractivity contribution < 1.29 is 0 Å². The third-order valence-electron chi connectivity index (χ3n) is 11.2. The third kappa shape index (κ3) is 5.81. The molecule has 0 aliphatic carbocycles. The molecule has 3 heteroatoms. The van der Waals surface area contributed by atoms with Crippen molar-refractivity contribution in [2.45, 2.75) is 13.1 Å². The molecule has 0 saturated carbocycles. The summed E-state index contributed by atoms with van der Waals surface area (Å²) in [7, 11) is -2.24. The van der Waals surface area contributed by atoms with Crippen LogP contribution in [0.5, 0.6) is 0 Å². The predicted molar refractivity (Wildman–Crippen MR) is 234 cm³/mol. The van der Waals surface area contributed by atoms with Crippen LogP contribution in [0.3, 0.4) is 0 Å². The summed E-state index contributed by atoms with van der Waals surface area (Å²) in [6, 6.07) is 70.0. The number of hydrogen-bond donors (Lipinski definition) is 0. The van der Waals surface area contributed by atoms with E-state index in [-0.39, 0.29) is 0 Å². The molecule has 0 atom stereocenters. The maximum Gasteiger partial charge on any atom is 0.160 e. The fraction of sp³-hybridized carbons (Fsp3) is 0.0385. The van der Waals surface area contributed by atoms with Crippen molar-refractivity contribution >= 4 is 29.2 Å². The van der Waals surface area contributed by atoms with Crippen LogP contribution in [0.2, 0.25) is 13.1 Å². The molecule has 10 rings (SSSR count). The Balaban J connectivity index is 1.12. The molecule has 0 saturated heterocycles. The topological polar surface area (TPSA) is 25.8 Å². The normalized spacial score (nSPS) is 12.7. The zero-order valence-corrected chi connectivity index (χ0v) is 31.9. The first-order valence-electron chi connectivity index (χ1n) is 19.0. The lowest BCUT2D eigenvalue weighted by molar-refractivity contribution is 1.20. The Hall–Kier alpha value is -6.68. The number of benzene rings is 8. The molecule has 1 aromatic heterocycles. The van der Waals surface area contributed by atoms with Crippen LogP contribution in [0.25, 0.3) is 89.2 Å². The summed E-state index contributed by atoms with van der Waals surface area (Å²) in [5.41, 5.74) is 15.1. The molecule has 2 heterocycles. The Labute approximate surface area is 323 Å². The number of nitrogens with zero attached hydrogens (tertiary/aromatic N) is 2. The van der Waals surface area contributed by atoms with Crippen LogP contribution < -0.4 is 10.4 Å². The van der Waals surface area contributed by atoms with Crippen molar-refractivity contribution in [2.24, 2.45) is 0 Å². The number of aromatic nitrogens is 2. The molecule has 0 bridgehead atoms. The van der Waals surface area contributed by atoms with Gasteiger partial charge in [-0.1, -0.05) is 177 Å². The van der Waals surface area contributed by atoms with Crippen LogP contribution in [0.15, 0.2) is 194 Å². The summed E-state index contributed by atoms with van der Waals surface area (Å²) in [5.74, 6) is 0.764. The van der Waals surface area contributed by atoms with Crippen molar-refractivity contribution in [1.82, 2.24) is 9.97 Å². The molecule has 1 aliphatic heterocycles. The van der Waals surface area contributed by atoms with E-state index >= 15 is 0 Å². The van der Waals surface area contributed by atoms with E-state index in [1.165, 1.54) is 65.7 Å². The van der Waals surface area contributed by atoms with Crippen LogP contribution in [-0.2, 0) is 0 Å². The zero-order valence-electron chi connectivity index (χ0n) is 30.9. The Morgan fingerprint density at radius 3 is 1.38 bits per heavy atom. The molecule has 9 aromatic rings. The predicted octanol–water partition coefficient (Wildman–Crippen LogP) is 12.4. The molecule has 0 amide bonds. The van der Waals surface area contributed by atoms with E-state index in [9.17, 15) is 0 Å². The zero-order chi connectivity index (χ0) is 36.9. The average molecular weight is 719 g/mol. The first kappa shape index (κ1) is 32.9. The quantitative estimate of drug-likeness (QED) is 0.160. The van der Waals surface area contributed by atoms with Gasteiger partial charge in [0.2, 0.25) is 0 Å². The van der Waals surface area contributed by atoms with Gasteiger partial charge in [-0.25, -0.2) is 9.97 Å². The van der Waals surface area contributed by atoms with E-state index in [0.29, 0.717) is 0 Å². The number of rotatable bonds is 6. The lowest BCUT2D eigenvalue weighted by Gasteiger charge is -2.23. The molecule has 0 spiro atoms. The van der Waals surface area contributed by atoms with Gasteiger partial charge >= 0.3 is 0 Å². The highest BCUT2D eigenvalue weighted by Crippen LogP contribution is 2.38. The minimum Gasteiger partial charge on any atom is -0.228 e. The Bertz CT molecular complexity index is 2820. The van der Waals surface area contributed by atoms with Gasteiger partial charge in [0.25, 0.3) is 0 Å².